The molecular weight excluding hydrogens is 368 g/mol. The highest BCUT2D eigenvalue weighted by Crippen LogP contribution is 2.27. The molecule has 3 aromatic heterocycles. The molecule has 0 aromatic carbocycles. The predicted octanol–water partition coefficient (Wildman–Crippen LogP) is 2.33. The Morgan fingerprint density at radius 2 is 2.07 bits per heavy atom. The average Bonchev–Trinajstić information content (AvgIpc) is 2.76. The lowest BCUT2D eigenvalue weighted by Gasteiger charge is -2.32. The standard InChI is InChI=1S/C21H22N6O2/c1-26-13-16(7-8-20(26)28)21(29)27-11-3-4-15(14-27)17-5-2-6-18(24-17)25-19-12-22-9-10-23-19/h2,5-10,12-13,15H,3-4,11,14H2,1H3,(H,23,24,25)/t15-/m0/s1. The maximum Gasteiger partial charge on any atom is 0.255 e. The van der Waals surface area contributed by atoms with Crippen LogP contribution in [0.3, 0.4) is 0 Å². The van der Waals surface area contributed by atoms with Crippen LogP contribution in [0.5, 0.6) is 0 Å². The van der Waals surface area contributed by atoms with Crippen LogP contribution in [0, 0.1) is 0 Å². The number of aromatic nitrogens is 4. The number of pyridine rings is 2. The van der Waals surface area contributed by atoms with E-state index in [2.05, 4.69) is 15.3 Å². The Balaban J connectivity index is 1.49. The van der Waals surface area contributed by atoms with Gasteiger partial charge in [-0.15, -0.1) is 0 Å². The summed E-state index contributed by atoms with van der Waals surface area (Å²) in [5.74, 6) is 1.43. The number of nitrogens with zero attached hydrogens (tertiary/aromatic N) is 5. The van der Waals surface area contributed by atoms with Gasteiger partial charge in [-0.05, 0) is 31.0 Å². The third kappa shape index (κ3) is 4.31. The summed E-state index contributed by atoms with van der Waals surface area (Å²) in [5.41, 5.74) is 1.34. The molecule has 3 aromatic rings. The van der Waals surface area contributed by atoms with Gasteiger partial charge in [-0.3, -0.25) is 14.6 Å². The molecule has 1 fully saturated rings. The number of likely N-dealkylation sites (tertiary alicyclic amines) is 1. The number of amides is 1. The lowest BCUT2D eigenvalue weighted by Crippen LogP contribution is -2.39. The summed E-state index contributed by atoms with van der Waals surface area (Å²) in [6.07, 6.45) is 8.36. The number of piperidine rings is 1. The minimum Gasteiger partial charge on any atom is -0.338 e. The number of hydrogen-bond acceptors (Lipinski definition) is 6. The Bertz CT molecular complexity index is 1070. The maximum atomic E-state index is 12.9. The van der Waals surface area contributed by atoms with Crippen molar-refractivity contribution in [2.75, 3.05) is 18.4 Å². The second-order valence-corrected chi connectivity index (χ2v) is 7.12. The highest BCUT2D eigenvalue weighted by molar-refractivity contribution is 5.94. The highest BCUT2D eigenvalue weighted by Gasteiger charge is 2.26. The van der Waals surface area contributed by atoms with Crippen LogP contribution in [0.2, 0.25) is 0 Å². The molecule has 8 heteroatoms. The van der Waals surface area contributed by atoms with Gasteiger partial charge in [0.05, 0.1) is 11.8 Å². The van der Waals surface area contributed by atoms with E-state index < -0.39 is 0 Å². The average molecular weight is 390 g/mol. The van der Waals surface area contributed by atoms with Crippen LogP contribution >= 0.6 is 0 Å². The van der Waals surface area contributed by atoms with Gasteiger partial charge in [-0.25, -0.2) is 9.97 Å². The minimum absolute atomic E-state index is 0.0564. The first-order chi connectivity index (χ1) is 14.1. The summed E-state index contributed by atoms with van der Waals surface area (Å²) < 4.78 is 1.43. The maximum absolute atomic E-state index is 12.9. The molecular formula is C21H22N6O2. The molecule has 4 heterocycles. The molecule has 0 saturated carbocycles. The number of hydrogen-bond donors (Lipinski definition) is 1. The molecule has 1 N–H and O–H groups in total. The molecule has 0 aliphatic carbocycles. The summed E-state index contributed by atoms with van der Waals surface area (Å²) in [5, 5.41) is 3.16. The molecule has 0 unspecified atom stereocenters. The van der Waals surface area contributed by atoms with Crippen LogP contribution in [-0.2, 0) is 7.05 Å². The third-order valence-corrected chi connectivity index (χ3v) is 5.05. The predicted molar refractivity (Wildman–Crippen MR) is 109 cm³/mol. The number of carbonyl (C=O) groups excluding carboxylic acids is 1. The van der Waals surface area contributed by atoms with E-state index in [0.29, 0.717) is 30.3 Å². The van der Waals surface area contributed by atoms with Gasteiger partial charge in [-0.1, -0.05) is 6.07 Å². The number of rotatable bonds is 4. The van der Waals surface area contributed by atoms with Crippen LogP contribution in [0.4, 0.5) is 11.6 Å². The van der Waals surface area contributed by atoms with E-state index in [1.807, 2.05) is 23.1 Å². The molecule has 1 atom stereocenters. The largest absolute Gasteiger partial charge is 0.338 e. The van der Waals surface area contributed by atoms with Crippen molar-refractivity contribution in [2.45, 2.75) is 18.8 Å². The summed E-state index contributed by atoms with van der Waals surface area (Å²) in [6, 6.07) is 8.85. The molecule has 0 radical (unpaired) electrons. The Hall–Kier alpha value is -3.55. The number of anilines is 2. The van der Waals surface area contributed by atoms with E-state index in [-0.39, 0.29) is 17.4 Å². The number of aryl methyl sites for hydroxylation is 1. The van der Waals surface area contributed by atoms with E-state index >= 15 is 0 Å². The van der Waals surface area contributed by atoms with Crippen molar-refractivity contribution in [2.24, 2.45) is 7.05 Å². The van der Waals surface area contributed by atoms with Crippen molar-refractivity contribution in [1.29, 1.82) is 0 Å². The van der Waals surface area contributed by atoms with Crippen LogP contribution in [-0.4, -0.2) is 43.4 Å². The van der Waals surface area contributed by atoms with Gasteiger partial charge < -0.3 is 14.8 Å². The second-order valence-electron chi connectivity index (χ2n) is 7.12. The van der Waals surface area contributed by atoms with Gasteiger partial charge in [0.2, 0.25) is 5.56 Å². The van der Waals surface area contributed by atoms with Gasteiger partial charge in [0.25, 0.3) is 5.91 Å². The monoisotopic (exact) mass is 390 g/mol. The fourth-order valence-electron chi connectivity index (χ4n) is 3.55. The van der Waals surface area contributed by atoms with Crippen molar-refractivity contribution < 1.29 is 4.79 Å². The number of nitrogens with one attached hydrogen (secondary N) is 1. The zero-order valence-electron chi connectivity index (χ0n) is 16.2. The fraction of sp³-hybridized carbons (Fsp3) is 0.286. The Morgan fingerprint density at radius 1 is 1.17 bits per heavy atom. The van der Waals surface area contributed by atoms with Crippen molar-refractivity contribution in [3.8, 4) is 0 Å². The molecule has 0 spiro atoms. The summed E-state index contributed by atoms with van der Waals surface area (Å²) >= 11 is 0. The van der Waals surface area contributed by atoms with Crippen molar-refractivity contribution in [1.82, 2.24) is 24.4 Å². The molecule has 8 nitrogen and oxygen atoms in total. The normalized spacial score (nSPS) is 16.4. The first-order valence-electron chi connectivity index (χ1n) is 9.56. The summed E-state index contributed by atoms with van der Waals surface area (Å²) in [4.78, 5) is 39.3. The van der Waals surface area contributed by atoms with Gasteiger partial charge in [-0.2, -0.15) is 0 Å². The first kappa shape index (κ1) is 18.8. The fourth-order valence-corrected chi connectivity index (χ4v) is 3.55. The minimum atomic E-state index is -0.130. The van der Waals surface area contributed by atoms with E-state index in [1.54, 1.807) is 37.9 Å². The molecule has 0 bridgehead atoms. The van der Waals surface area contributed by atoms with Crippen LogP contribution < -0.4 is 10.9 Å². The van der Waals surface area contributed by atoms with Gasteiger partial charge >= 0.3 is 0 Å². The lowest BCUT2D eigenvalue weighted by atomic mass is 9.94. The topological polar surface area (TPSA) is 93.0 Å². The molecule has 1 saturated heterocycles. The zero-order chi connectivity index (χ0) is 20.2. The van der Waals surface area contributed by atoms with Crippen molar-refractivity contribution in [3.05, 3.63) is 76.7 Å². The first-order valence-corrected chi connectivity index (χ1v) is 9.56. The molecule has 4 rings (SSSR count). The molecule has 1 aliphatic heterocycles. The highest BCUT2D eigenvalue weighted by atomic mass is 16.2. The van der Waals surface area contributed by atoms with E-state index in [9.17, 15) is 9.59 Å². The summed E-state index contributed by atoms with van der Waals surface area (Å²) in [6.45, 7) is 1.30. The quantitative estimate of drug-likeness (QED) is 0.735. The molecule has 1 amide bonds. The van der Waals surface area contributed by atoms with Crippen LogP contribution in [0.1, 0.15) is 34.8 Å². The Labute approximate surface area is 168 Å². The second kappa shape index (κ2) is 8.22. The lowest BCUT2D eigenvalue weighted by molar-refractivity contribution is 0.0705. The van der Waals surface area contributed by atoms with Crippen molar-refractivity contribution >= 4 is 17.5 Å². The Kier molecular flexibility index (Phi) is 5.33. The Morgan fingerprint density at radius 3 is 2.86 bits per heavy atom. The number of carbonyl (C=O) groups is 1. The summed E-state index contributed by atoms with van der Waals surface area (Å²) in [7, 11) is 1.65. The molecule has 29 heavy (non-hydrogen) atoms. The van der Waals surface area contributed by atoms with Gasteiger partial charge in [0.1, 0.15) is 11.6 Å². The van der Waals surface area contributed by atoms with Gasteiger partial charge in [0, 0.05) is 56.4 Å². The SMILES string of the molecule is Cn1cc(C(=O)N2CCC[C@H](c3cccc(Nc4cnccn4)n3)C2)ccc1=O. The third-order valence-electron chi connectivity index (χ3n) is 5.05. The van der Waals surface area contributed by atoms with Gasteiger partial charge in [0.15, 0.2) is 0 Å². The smallest absolute Gasteiger partial charge is 0.255 e. The molecule has 148 valence electrons. The van der Waals surface area contributed by atoms with E-state index in [4.69, 9.17) is 4.98 Å². The van der Waals surface area contributed by atoms with E-state index in [0.717, 1.165) is 18.5 Å². The molecule has 1 aliphatic rings. The zero-order valence-corrected chi connectivity index (χ0v) is 16.2. The van der Waals surface area contributed by atoms with E-state index in [1.165, 1.54) is 10.6 Å². The van der Waals surface area contributed by atoms with Crippen LogP contribution in [0.25, 0.3) is 0 Å². The van der Waals surface area contributed by atoms with Crippen molar-refractivity contribution in [3.63, 3.8) is 0 Å². The van der Waals surface area contributed by atoms with Crippen LogP contribution in [0.15, 0.2) is 59.9 Å².